The number of amides is 2. The summed E-state index contributed by atoms with van der Waals surface area (Å²) in [6.45, 7) is 2.43. The summed E-state index contributed by atoms with van der Waals surface area (Å²) in [5, 5.41) is 13.9. The van der Waals surface area contributed by atoms with Crippen LogP contribution >= 0.6 is 11.8 Å². The van der Waals surface area contributed by atoms with Crippen LogP contribution in [0.4, 0.5) is 0 Å². The van der Waals surface area contributed by atoms with Crippen LogP contribution in [-0.4, -0.2) is 34.5 Å². The van der Waals surface area contributed by atoms with Crippen molar-refractivity contribution in [1.29, 1.82) is 0 Å². The lowest BCUT2D eigenvalue weighted by Gasteiger charge is -2.04. The molecule has 1 heterocycles. The lowest BCUT2D eigenvalue weighted by Crippen LogP contribution is -2.31. The third-order valence-electron chi connectivity index (χ3n) is 3.48. The third-order valence-corrected chi connectivity index (χ3v) is 4.56. The molecular formula is C14H22N4O2S. The van der Waals surface area contributed by atoms with Gasteiger partial charge >= 0.3 is 0 Å². The molecule has 1 saturated heterocycles. The van der Waals surface area contributed by atoms with E-state index >= 15 is 0 Å². The van der Waals surface area contributed by atoms with Gasteiger partial charge in [-0.2, -0.15) is 5.10 Å². The van der Waals surface area contributed by atoms with Gasteiger partial charge in [0.2, 0.25) is 11.8 Å². The highest BCUT2D eigenvalue weighted by atomic mass is 32.2. The van der Waals surface area contributed by atoms with Gasteiger partial charge in [-0.15, -0.1) is 5.10 Å². The lowest BCUT2D eigenvalue weighted by molar-refractivity contribution is -0.125. The average molecular weight is 310 g/mol. The zero-order chi connectivity index (χ0) is 15.1. The summed E-state index contributed by atoms with van der Waals surface area (Å²) in [6.07, 6.45) is 7.03. The van der Waals surface area contributed by atoms with E-state index < -0.39 is 5.25 Å². The Morgan fingerprint density at radius 1 is 1.29 bits per heavy atom. The Hall–Kier alpha value is -1.37. The molecule has 0 radical (unpaired) electrons. The summed E-state index contributed by atoms with van der Waals surface area (Å²) in [4.78, 5) is 23.3. The first kappa shape index (κ1) is 16.0. The molecule has 1 atom stereocenters. The molecule has 116 valence electrons. The molecule has 2 rings (SSSR count). The van der Waals surface area contributed by atoms with Crippen molar-refractivity contribution in [3.63, 3.8) is 0 Å². The molecular weight excluding hydrogens is 288 g/mol. The van der Waals surface area contributed by atoms with Gasteiger partial charge in [0.1, 0.15) is 5.25 Å². The molecule has 0 unspecified atom stereocenters. The Balaban J connectivity index is 1.90. The van der Waals surface area contributed by atoms with Crippen LogP contribution in [-0.2, 0) is 9.59 Å². The molecule has 0 aromatic heterocycles. The second kappa shape index (κ2) is 8.17. The molecule has 2 amide bonds. The SMILES string of the molecule is CCNC(=O)C[C@H]1S/C(=N\N=C2CCCCCC2)NC1=O. The first-order chi connectivity index (χ1) is 10.2. The van der Waals surface area contributed by atoms with Gasteiger partial charge in [-0.05, 0) is 32.6 Å². The first-order valence-corrected chi connectivity index (χ1v) is 8.44. The summed E-state index contributed by atoms with van der Waals surface area (Å²) >= 11 is 1.29. The van der Waals surface area contributed by atoms with Gasteiger partial charge in [0, 0.05) is 18.7 Å². The van der Waals surface area contributed by atoms with E-state index in [1.165, 1.54) is 37.4 Å². The maximum atomic E-state index is 11.8. The predicted octanol–water partition coefficient (Wildman–Crippen LogP) is 1.81. The van der Waals surface area contributed by atoms with E-state index in [2.05, 4.69) is 20.8 Å². The maximum absolute atomic E-state index is 11.8. The van der Waals surface area contributed by atoms with Crippen molar-refractivity contribution in [2.75, 3.05) is 6.54 Å². The van der Waals surface area contributed by atoms with Gasteiger partial charge in [0.15, 0.2) is 5.17 Å². The Labute approximate surface area is 129 Å². The fraction of sp³-hybridized carbons (Fsp3) is 0.714. The fourth-order valence-electron chi connectivity index (χ4n) is 2.38. The van der Waals surface area contributed by atoms with Gasteiger partial charge in [0.05, 0.1) is 0 Å². The molecule has 0 aromatic rings. The fourth-order valence-corrected chi connectivity index (χ4v) is 3.29. The zero-order valence-corrected chi connectivity index (χ0v) is 13.2. The van der Waals surface area contributed by atoms with Crippen molar-refractivity contribution in [3.8, 4) is 0 Å². The number of carbonyl (C=O) groups excluding carboxylic acids is 2. The maximum Gasteiger partial charge on any atom is 0.240 e. The topological polar surface area (TPSA) is 82.9 Å². The van der Waals surface area contributed by atoms with Crippen LogP contribution in [0.25, 0.3) is 0 Å². The second-order valence-corrected chi connectivity index (χ2v) is 6.43. The van der Waals surface area contributed by atoms with Crippen molar-refractivity contribution in [3.05, 3.63) is 0 Å². The van der Waals surface area contributed by atoms with Crippen molar-refractivity contribution < 1.29 is 9.59 Å². The molecule has 0 spiro atoms. The molecule has 6 nitrogen and oxygen atoms in total. The van der Waals surface area contributed by atoms with Crippen molar-refractivity contribution in [2.24, 2.45) is 10.2 Å². The van der Waals surface area contributed by atoms with Gasteiger partial charge < -0.3 is 10.6 Å². The Kier molecular flexibility index (Phi) is 6.22. The Morgan fingerprint density at radius 2 is 2.00 bits per heavy atom. The number of amidine groups is 1. The Morgan fingerprint density at radius 3 is 2.67 bits per heavy atom. The lowest BCUT2D eigenvalue weighted by atomic mass is 10.2. The molecule has 1 saturated carbocycles. The third kappa shape index (κ3) is 5.15. The summed E-state index contributed by atoms with van der Waals surface area (Å²) in [6, 6.07) is 0. The van der Waals surface area contributed by atoms with Gasteiger partial charge in [-0.3, -0.25) is 9.59 Å². The zero-order valence-electron chi connectivity index (χ0n) is 12.4. The number of hydrogen-bond donors (Lipinski definition) is 2. The normalized spacial score (nSPS) is 24.6. The summed E-state index contributed by atoms with van der Waals surface area (Å²) < 4.78 is 0. The van der Waals surface area contributed by atoms with E-state index in [0.29, 0.717) is 11.7 Å². The number of nitrogens with one attached hydrogen (secondary N) is 2. The monoisotopic (exact) mass is 310 g/mol. The number of thioether (sulfide) groups is 1. The molecule has 2 aliphatic rings. The van der Waals surface area contributed by atoms with Crippen LogP contribution in [0.2, 0.25) is 0 Å². The van der Waals surface area contributed by atoms with Gasteiger partial charge in [0.25, 0.3) is 0 Å². The molecule has 7 heteroatoms. The molecule has 2 fully saturated rings. The van der Waals surface area contributed by atoms with E-state index in [0.717, 1.165) is 18.6 Å². The molecule has 1 aliphatic carbocycles. The van der Waals surface area contributed by atoms with Crippen LogP contribution in [0.3, 0.4) is 0 Å². The molecule has 0 aromatic carbocycles. The number of carbonyl (C=O) groups is 2. The van der Waals surface area contributed by atoms with Crippen molar-refractivity contribution >= 4 is 34.5 Å². The smallest absolute Gasteiger partial charge is 0.240 e. The minimum absolute atomic E-state index is 0.110. The second-order valence-electron chi connectivity index (χ2n) is 5.24. The van der Waals surface area contributed by atoms with Crippen molar-refractivity contribution in [1.82, 2.24) is 10.6 Å². The average Bonchev–Trinajstić information content (AvgIpc) is 2.67. The van der Waals surface area contributed by atoms with Crippen LogP contribution in [0.1, 0.15) is 51.9 Å². The van der Waals surface area contributed by atoms with Gasteiger partial charge in [-0.25, -0.2) is 0 Å². The summed E-state index contributed by atoms with van der Waals surface area (Å²) in [5.41, 5.74) is 1.11. The molecule has 2 N–H and O–H groups in total. The minimum atomic E-state index is -0.398. The highest BCUT2D eigenvalue weighted by Gasteiger charge is 2.32. The Bertz CT molecular complexity index is 452. The van der Waals surface area contributed by atoms with Crippen LogP contribution in [0, 0.1) is 0 Å². The summed E-state index contributed by atoms with van der Waals surface area (Å²) in [5.74, 6) is -0.271. The van der Waals surface area contributed by atoms with E-state index in [9.17, 15) is 9.59 Å². The largest absolute Gasteiger partial charge is 0.356 e. The van der Waals surface area contributed by atoms with Crippen LogP contribution < -0.4 is 10.6 Å². The quantitative estimate of drug-likeness (QED) is 0.613. The molecule has 21 heavy (non-hydrogen) atoms. The van der Waals surface area contributed by atoms with E-state index in [-0.39, 0.29) is 18.2 Å². The van der Waals surface area contributed by atoms with E-state index in [1.54, 1.807) is 0 Å². The standard InChI is InChI=1S/C14H22N4O2S/c1-2-15-12(19)9-11-13(20)16-14(21-11)18-17-10-7-5-3-4-6-8-10/h11H,2-9H2,1H3,(H,15,19)(H,16,18,20)/t11-/m1/s1. The van der Waals surface area contributed by atoms with Crippen molar-refractivity contribution in [2.45, 2.75) is 57.1 Å². The molecule has 0 bridgehead atoms. The number of hydrogen-bond acceptors (Lipinski definition) is 5. The number of rotatable bonds is 4. The van der Waals surface area contributed by atoms with Gasteiger partial charge in [-0.1, -0.05) is 24.6 Å². The summed E-state index contributed by atoms with van der Waals surface area (Å²) in [7, 11) is 0. The number of nitrogens with zero attached hydrogens (tertiary/aromatic N) is 2. The minimum Gasteiger partial charge on any atom is -0.356 e. The first-order valence-electron chi connectivity index (χ1n) is 7.56. The van der Waals surface area contributed by atoms with E-state index in [1.807, 2.05) is 6.92 Å². The van der Waals surface area contributed by atoms with Crippen LogP contribution in [0.5, 0.6) is 0 Å². The van der Waals surface area contributed by atoms with E-state index in [4.69, 9.17) is 0 Å². The predicted molar refractivity (Wildman–Crippen MR) is 85.4 cm³/mol. The molecule has 1 aliphatic heterocycles. The highest BCUT2D eigenvalue weighted by molar-refractivity contribution is 8.15. The van der Waals surface area contributed by atoms with Crippen LogP contribution in [0.15, 0.2) is 10.2 Å². The highest BCUT2D eigenvalue weighted by Crippen LogP contribution is 2.23.